The zero-order valence-corrected chi connectivity index (χ0v) is 26.3. The lowest BCUT2D eigenvalue weighted by atomic mass is 10.0. The van der Waals surface area contributed by atoms with E-state index < -0.39 is 0 Å². The average Bonchev–Trinajstić information content (AvgIpc) is 3.28. The first-order chi connectivity index (χ1) is 21.3. The third-order valence-electron chi connectivity index (χ3n) is 8.28. The summed E-state index contributed by atoms with van der Waals surface area (Å²) in [6.45, 7) is 10.1. The van der Waals surface area contributed by atoms with Gasteiger partial charge in [0.05, 0.1) is 20.0 Å². The van der Waals surface area contributed by atoms with Crippen LogP contribution in [0.1, 0.15) is 42.3 Å². The quantitative estimate of drug-likeness (QED) is 0.339. The van der Waals surface area contributed by atoms with E-state index in [1.807, 2.05) is 30.0 Å². The largest absolute Gasteiger partial charge is 0.508 e. The third kappa shape index (κ3) is 7.14. The molecule has 2 amide bonds. The Balaban J connectivity index is 1.20. The van der Waals surface area contributed by atoms with Gasteiger partial charge in [0.2, 0.25) is 0 Å². The maximum absolute atomic E-state index is 13.0. The van der Waals surface area contributed by atoms with E-state index in [-0.39, 0.29) is 11.8 Å². The second-order valence-electron chi connectivity index (χ2n) is 11.3. The van der Waals surface area contributed by atoms with Crippen LogP contribution in [0.4, 0.5) is 4.79 Å². The lowest BCUT2D eigenvalue weighted by molar-refractivity contribution is 0.135. The van der Waals surface area contributed by atoms with Crippen LogP contribution in [0, 0.1) is 13.8 Å². The van der Waals surface area contributed by atoms with Gasteiger partial charge < -0.3 is 24.8 Å². The fourth-order valence-electron chi connectivity index (χ4n) is 5.67. The number of aromatic hydroxyl groups is 1. The van der Waals surface area contributed by atoms with E-state index in [1.165, 1.54) is 5.57 Å². The minimum absolute atomic E-state index is 0.0650. The fourth-order valence-corrected chi connectivity index (χ4v) is 5.67. The van der Waals surface area contributed by atoms with E-state index in [0.717, 1.165) is 71.3 Å². The Kier molecular flexibility index (Phi) is 9.69. The molecular weight excluding hydrogens is 556 g/mol. The van der Waals surface area contributed by atoms with Crippen molar-refractivity contribution in [2.45, 2.75) is 46.7 Å². The number of carbonyl (C=O) groups excluding carboxylic acids is 1. The first-order valence-electron chi connectivity index (χ1n) is 15.1. The molecule has 44 heavy (non-hydrogen) atoms. The van der Waals surface area contributed by atoms with Crippen molar-refractivity contribution in [3.8, 4) is 22.9 Å². The number of nitrogens with zero attached hydrogens (tertiary/aromatic N) is 5. The Hall–Kier alpha value is -4.57. The summed E-state index contributed by atoms with van der Waals surface area (Å²) in [5, 5.41) is 22.0. The highest BCUT2D eigenvalue weighted by Gasteiger charge is 2.22. The van der Waals surface area contributed by atoms with Crippen molar-refractivity contribution in [3.63, 3.8) is 0 Å². The van der Waals surface area contributed by atoms with Gasteiger partial charge in [-0.1, -0.05) is 24.6 Å². The molecule has 0 atom stereocenters. The number of phenolic OH excluding ortho intramolecular Hbond substituents is 1. The Labute approximate surface area is 259 Å². The molecule has 2 heterocycles. The number of aryl methyl sites for hydroxylation is 2. The van der Waals surface area contributed by atoms with Gasteiger partial charge in [0.25, 0.3) is 0 Å². The number of nitrogens with one attached hydrogen (secondary N) is 1. The summed E-state index contributed by atoms with van der Waals surface area (Å²) in [4.78, 5) is 17.1. The molecule has 1 aliphatic heterocycles. The monoisotopic (exact) mass is 598 g/mol. The molecular formula is C34H42N6O4. The standard InChI is InChI=1S/C34H42N6O4/c1-6-25-16-29(9-10-31(18-25)43-4)40-24(3)36-37-33(40)27-7-8-28(23(2)15-27)21-35-34(42)39-13-11-38(12-14-39)22-26-17-30(41)20-32(19-26)44-5/h7-10,15-17,19-20,41H,6,11-14,18,21-22H2,1-5H3,(H,35,42). The first-order valence-corrected chi connectivity index (χ1v) is 15.1. The van der Waals surface area contributed by atoms with Gasteiger partial charge in [0, 0.05) is 63.0 Å². The van der Waals surface area contributed by atoms with Crippen molar-refractivity contribution >= 4 is 11.7 Å². The number of carbonyl (C=O) groups is 1. The van der Waals surface area contributed by atoms with Crippen molar-refractivity contribution in [3.05, 3.63) is 88.5 Å². The van der Waals surface area contributed by atoms with Gasteiger partial charge in [0.15, 0.2) is 5.82 Å². The molecule has 2 N–H and O–H groups in total. The molecule has 1 saturated heterocycles. The minimum atomic E-state index is -0.0650. The van der Waals surface area contributed by atoms with E-state index in [2.05, 4.69) is 63.1 Å². The van der Waals surface area contributed by atoms with Gasteiger partial charge in [-0.25, -0.2) is 4.79 Å². The van der Waals surface area contributed by atoms with Gasteiger partial charge in [-0.2, -0.15) is 0 Å². The summed E-state index contributed by atoms with van der Waals surface area (Å²) in [6, 6.07) is 11.4. The van der Waals surface area contributed by atoms with Gasteiger partial charge in [-0.3, -0.25) is 9.47 Å². The maximum atomic E-state index is 13.0. The molecule has 2 aromatic carbocycles. The SMILES string of the molecule is CCC1=CC(n2c(C)nnc2-c2ccc(CNC(=O)N3CCN(Cc4cc(O)cc(OC)c4)CC3)c(C)c2)=CC=C(OC)C1. The number of hydrogen-bond donors (Lipinski definition) is 2. The zero-order valence-electron chi connectivity index (χ0n) is 26.3. The van der Waals surface area contributed by atoms with E-state index in [9.17, 15) is 9.90 Å². The third-order valence-corrected chi connectivity index (χ3v) is 8.28. The number of ether oxygens (including phenoxy) is 2. The van der Waals surface area contributed by atoms with E-state index in [1.54, 1.807) is 26.4 Å². The summed E-state index contributed by atoms with van der Waals surface area (Å²) >= 11 is 0. The summed E-state index contributed by atoms with van der Waals surface area (Å²) in [7, 11) is 3.30. The number of benzene rings is 2. The number of urea groups is 1. The summed E-state index contributed by atoms with van der Waals surface area (Å²) in [5.74, 6) is 3.34. The van der Waals surface area contributed by atoms with Crippen LogP contribution in [0.3, 0.4) is 0 Å². The molecule has 3 aromatic rings. The molecule has 1 fully saturated rings. The Bertz CT molecular complexity index is 1600. The van der Waals surface area contributed by atoms with Crippen LogP contribution in [0.2, 0.25) is 0 Å². The lowest BCUT2D eigenvalue weighted by Gasteiger charge is -2.34. The number of aromatic nitrogens is 3. The van der Waals surface area contributed by atoms with E-state index in [0.29, 0.717) is 31.9 Å². The first kappa shape index (κ1) is 30.9. The molecule has 2 aliphatic rings. The number of piperazine rings is 1. The van der Waals surface area contributed by atoms with Gasteiger partial charge >= 0.3 is 6.03 Å². The maximum Gasteiger partial charge on any atom is 0.317 e. The normalized spacial score (nSPS) is 15.7. The Morgan fingerprint density at radius 3 is 2.50 bits per heavy atom. The number of hydrogen-bond acceptors (Lipinski definition) is 7. The highest BCUT2D eigenvalue weighted by atomic mass is 16.5. The van der Waals surface area contributed by atoms with Crippen LogP contribution < -0.4 is 10.1 Å². The van der Waals surface area contributed by atoms with E-state index in [4.69, 9.17) is 9.47 Å². The molecule has 0 spiro atoms. The van der Waals surface area contributed by atoms with Crippen LogP contribution in [0.5, 0.6) is 11.5 Å². The number of allylic oxidation sites excluding steroid dienone is 5. The summed E-state index contributed by atoms with van der Waals surface area (Å²) in [6.07, 6.45) is 7.98. The molecule has 1 aliphatic carbocycles. The second-order valence-corrected chi connectivity index (χ2v) is 11.3. The number of amides is 2. The predicted molar refractivity (Wildman–Crippen MR) is 171 cm³/mol. The van der Waals surface area contributed by atoms with Crippen molar-refractivity contribution in [1.82, 2.24) is 29.9 Å². The number of rotatable bonds is 9. The lowest BCUT2D eigenvalue weighted by Crippen LogP contribution is -2.51. The number of phenols is 1. The molecule has 0 saturated carbocycles. The Morgan fingerprint density at radius 1 is 1.00 bits per heavy atom. The molecule has 10 nitrogen and oxygen atoms in total. The molecule has 10 heteroatoms. The average molecular weight is 599 g/mol. The highest BCUT2D eigenvalue weighted by Crippen LogP contribution is 2.29. The van der Waals surface area contributed by atoms with Crippen molar-refractivity contribution in [2.75, 3.05) is 40.4 Å². The van der Waals surface area contributed by atoms with E-state index >= 15 is 0 Å². The summed E-state index contributed by atoms with van der Waals surface area (Å²) < 4.78 is 12.9. The topological polar surface area (TPSA) is 105 Å². The van der Waals surface area contributed by atoms with Gasteiger partial charge in [0.1, 0.15) is 17.3 Å². The second kappa shape index (κ2) is 13.8. The van der Waals surface area contributed by atoms with Gasteiger partial charge in [-0.05, 0) is 73.4 Å². The van der Waals surface area contributed by atoms with Crippen LogP contribution in [0.25, 0.3) is 17.1 Å². The zero-order chi connectivity index (χ0) is 31.2. The molecule has 1 aromatic heterocycles. The van der Waals surface area contributed by atoms with Crippen molar-refractivity contribution < 1.29 is 19.4 Å². The van der Waals surface area contributed by atoms with Crippen LogP contribution in [0.15, 0.2) is 66.0 Å². The van der Waals surface area contributed by atoms with Crippen LogP contribution in [-0.4, -0.2) is 76.1 Å². The smallest absolute Gasteiger partial charge is 0.317 e. The van der Waals surface area contributed by atoms with Crippen LogP contribution in [-0.2, 0) is 17.8 Å². The van der Waals surface area contributed by atoms with Crippen LogP contribution >= 0.6 is 0 Å². The van der Waals surface area contributed by atoms with Crippen molar-refractivity contribution in [1.29, 1.82) is 0 Å². The molecule has 0 unspecified atom stereocenters. The minimum Gasteiger partial charge on any atom is -0.508 e. The van der Waals surface area contributed by atoms with Crippen molar-refractivity contribution in [2.24, 2.45) is 0 Å². The molecule has 232 valence electrons. The predicted octanol–water partition coefficient (Wildman–Crippen LogP) is 5.41. The molecule has 5 rings (SSSR count). The molecule has 0 bridgehead atoms. The molecule has 0 radical (unpaired) electrons. The number of methoxy groups -OCH3 is 2. The Morgan fingerprint density at radius 2 is 1.80 bits per heavy atom. The highest BCUT2D eigenvalue weighted by molar-refractivity contribution is 5.74. The summed E-state index contributed by atoms with van der Waals surface area (Å²) in [5.41, 5.74) is 6.35. The fraction of sp³-hybridized carbons (Fsp3) is 0.382. The van der Waals surface area contributed by atoms with Gasteiger partial charge in [-0.15, -0.1) is 10.2 Å².